The predicted octanol–water partition coefficient (Wildman–Crippen LogP) is 0.601. The van der Waals surface area contributed by atoms with E-state index in [4.69, 9.17) is 5.11 Å². The maximum Gasteiger partial charge on any atom is 0.327 e. The Morgan fingerprint density at radius 3 is 2.31 bits per heavy atom. The summed E-state index contributed by atoms with van der Waals surface area (Å²) in [5, 5.41) is 14.3. The first-order valence-electron chi connectivity index (χ1n) is 5.49. The Hall–Kier alpha value is -1.10. The fourth-order valence-electron chi connectivity index (χ4n) is 1.13. The topological polar surface area (TPSA) is 78.4 Å². The maximum absolute atomic E-state index is 10.8. The van der Waals surface area contributed by atoms with Crippen LogP contribution in [0.1, 0.15) is 34.1 Å². The summed E-state index contributed by atoms with van der Waals surface area (Å²) < 4.78 is 0. The molecule has 1 atom stereocenters. The lowest BCUT2D eigenvalue weighted by molar-refractivity contribution is -0.141. The SMILES string of the molecule is CCC(C)(C)CNCC(NC(C)=O)C(=O)O. The van der Waals surface area contributed by atoms with Crippen LogP contribution < -0.4 is 10.6 Å². The lowest BCUT2D eigenvalue weighted by Gasteiger charge is -2.24. The summed E-state index contributed by atoms with van der Waals surface area (Å²) in [7, 11) is 0. The van der Waals surface area contributed by atoms with Gasteiger partial charge in [-0.1, -0.05) is 20.8 Å². The van der Waals surface area contributed by atoms with E-state index in [1.807, 2.05) is 0 Å². The van der Waals surface area contributed by atoms with E-state index in [2.05, 4.69) is 31.4 Å². The highest BCUT2D eigenvalue weighted by Crippen LogP contribution is 2.17. The summed E-state index contributed by atoms with van der Waals surface area (Å²) in [4.78, 5) is 21.6. The van der Waals surface area contributed by atoms with Crippen molar-refractivity contribution in [1.82, 2.24) is 10.6 Å². The minimum atomic E-state index is -1.02. The monoisotopic (exact) mass is 230 g/mol. The van der Waals surface area contributed by atoms with E-state index in [0.717, 1.165) is 13.0 Å². The van der Waals surface area contributed by atoms with E-state index in [1.54, 1.807) is 0 Å². The molecule has 0 aliphatic rings. The summed E-state index contributed by atoms with van der Waals surface area (Å²) >= 11 is 0. The number of carboxylic acid groups (broad SMARTS) is 1. The van der Waals surface area contributed by atoms with Crippen LogP contribution in [0.2, 0.25) is 0 Å². The summed E-state index contributed by atoms with van der Waals surface area (Å²) in [5.41, 5.74) is 0.138. The van der Waals surface area contributed by atoms with Crippen LogP contribution in [0.5, 0.6) is 0 Å². The van der Waals surface area contributed by atoms with Crippen LogP contribution in [0, 0.1) is 5.41 Å². The molecule has 1 amide bonds. The van der Waals surface area contributed by atoms with Gasteiger partial charge >= 0.3 is 5.97 Å². The van der Waals surface area contributed by atoms with Gasteiger partial charge in [-0.15, -0.1) is 0 Å². The Balaban J connectivity index is 4.04. The standard InChI is InChI=1S/C11H22N2O3/c1-5-11(3,4)7-12-6-9(10(15)16)13-8(2)14/h9,12H,5-7H2,1-4H3,(H,13,14)(H,15,16). The molecular weight excluding hydrogens is 208 g/mol. The molecular formula is C11H22N2O3. The van der Waals surface area contributed by atoms with Gasteiger partial charge in [0.05, 0.1) is 0 Å². The Kier molecular flexibility index (Phi) is 6.03. The highest BCUT2D eigenvalue weighted by molar-refractivity contribution is 5.82. The van der Waals surface area contributed by atoms with Crippen molar-refractivity contribution in [1.29, 1.82) is 0 Å². The number of aliphatic carboxylic acids is 1. The third kappa shape index (κ3) is 6.40. The molecule has 0 saturated carbocycles. The summed E-state index contributed by atoms with van der Waals surface area (Å²) in [6.07, 6.45) is 1.01. The highest BCUT2D eigenvalue weighted by Gasteiger charge is 2.20. The molecule has 0 spiro atoms. The van der Waals surface area contributed by atoms with Crippen LogP contribution >= 0.6 is 0 Å². The minimum Gasteiger partial charge on any atom is -0.480 e. The van der Waals surface area contributed by atoms with Gasteiger partial charge in [0.25, 0.3) is 0 Å². The molecule has 0 radical (unpaired) electrons. The Labute approximate surface area is 96.6 Å². The number of amides is 1. The van der Waals surface area contributed by atoms with E-state index in [-0.39, 0.29) is 17.9 Å². The number of carboxylic acids is 1. The number of rotatable bonds is 7. The normalized spacial score (nSPS) is 13.2. The second-order valence-corrected chi connectivity index (χ2v) is 4.74. The molecule has 5 heteroatoms. The lowest BCUT2D eigenvalue weighted by Crippen LogP contribution is -2.47. The van der Waals surface area contributed by atoms with Gasteiger partial charge in [0, 0.05) is 20.0 Å². The van der Waals surface area contributed by atoms with Crippen molar-refractivity contribution in [3.63, 3.8) is 0 Å². The van der Waals surface area contributed by atoms with E-state index in [9.17, 15) is 9.59 Å². The van der Waals surface area contributed by atoms with E-state index < -0.39 is 12.0 Å². The molecule has 16 heavy (non-hydrogen) atoms. The third-order valence-electron chi connectivity index (χ3n) is 2.58. The smallest absolute Gasteiger partial charge is 0.327 e. The Morgan fingerprint density at radius 2 is 1.94 bits per heavy atom. The quantitative estimate of drug-likeness (QED) is 0.598. The van der Waals surface area contributed by atoms with Gasteiger partial charge in [0.1, 0.15) is 6.04 Å². The third-order valence-corrected chi connectivity index (χ3v) is 2.58. The van der Waals surface area contributed by atoms with Crippen molar-refractivity contribution in [3.05, 3.63) is 0 Å². The molecule has 0 heterocycles. The summed E-state index contributed by atoms with van der Waals surface area (Å²) in [5.74, 6) is -1.35. The zero-order valence-electron chi connectivity index (χ0n) is 10.5. The van der Waals surface area contributed by atoms with Crippen LogP contribution in [-0.2, 0) is 9.59 Å². The van der Waals surface area contributed by atoms with Crippen LogP contribution in [0.15, 0.2) is 0 Å². The van der Waals surface area contributed by atoms with Gasteiger partial charge in [0.2, 0.25) is 5.91 Å². The van der Waals surface area contributed by atoms with Gasteiger partial charge in [-0.3, -0.25) is 4.79 Å². The van der Waals surface area contributed by atoms with Crippen molar-refractivity contribution in [2.75, 3.05) is 13.1 Å². The van der Waals surface area contributed by atoms with Crippen molar-refractivity contribution >= 4 is 11.9 Å². The molecule has 0 aliphatic heterocycles. The number of carbonyl (C=O) groups is 2. The van der Waals surface area contributed by atoms with Crippen molar-refractivity contribution in [3.8, 4) is 0 Å². The minimum absolute atomic E-state index is 0.138. The molecule has 0 aliphatic carbocycles. The first-order chi connectivity index (χ1) is 7.28. The molecule has 0 rings (SSSR count). The number of nitrogens with one attached hydrogen (secondary N) is 2. The second-order valence-electron chi connectivity index (χ2n) is 4.74. The Bertz CT molecular complexity index is 252. The molecule has 1 unspecified atom stereocenters. The van der Waals surface area contributed by atoms with Crippen LogP contribution in [0.25, 0.3) is 0 Å². The molecule has 0 aromatic heterocycles. The molecule has 0 aromatic carbocycles. The molecule has 3 N–H and O–H groups in total. The number of hydrogen-bond donors (Lipinski definition) is 3. The second kappa shape index (κ2) is 6.48. The number of hydrogen-bond acceptors (Lipinski definition) is 3. The van der Waals surface area contributed by atoms with Crippen LogP contribution in [0.4, 0.5) is 0 Å². The molecule has 0 aromatic rings. The van der Waals surface area contributed by atoms with Crippen molar-refractivity contribution < 1.29 is 14.7 Å². The molecule has 5 nitrogen and oxygen atoms in total. The van der Waals surface area contributed by atoms with Gasteiger partial charge in [-0.25, -0.2) is 4.79 Å². The average Bonchev–Trinajstić information content (AvgIpc) is 2.15. The lowest BCUT2D eigenvalue weighted by atomic mass is 9.90. The Morgan fingerprint density at radius 1 is 1.38 bits per heavy atom. The zero-order chi connectivity index (χ0) is 12.8. The number of carbonyl (C=O) groups excluding carboxylic acids is 1. The van der Waals surface area contributed by atoms with Gasteiger partial charge < -0.3 is 15.7 Å². The first kappa shape index (κ1) is 14.9. The summed E-state index contributed by atoms with van der Waals surface area (Å²) in [6.45, 7) is 8.59. The van der Waals surface area contributed by atoms with E-state index in [1.165, 1.54) is 6.92 Å². The largest absolute Gasteiger partial charge is 0.480 e. The molecule has 0 fully saturated rings. The van der Waals surface area contributed by atoms with Crippen LogP contribution in [-0.4, -0.2) is 36.1 Å². The van der Waals surface area contributed by atoms with Crippen LogP contribution in [0.3, 0.4) is 0 Å². The van der Waals surface area contributed by atoms with Crippen molar-refractivity contribution in [2.45, 2.75) is 40.2 Å². The fraction of sp³-hybridized carbons (Fsp3) is 0.818. The van der Waals surface area contributed by atoms with Crippen molar-refractivity contribution in [2.24, 2.45) is 5.41 Å². The zero-order valence-corrected chi connectivity index (χ0v) is 10.5. The van der Waals surface area contributed by atoms with Gasteiger partial charge in [-0.05, 0) is 11.8 Å². The van der Waals surface area contributed by atoms with E-state index >= 15 is 0 Å². The highest BCUT2D eigenvalue weighted by atomic mass is 16.4. The molecule has 94 valence electrons. The van der Waals surface area contributed by atoms with Gasteiger partial charge in [0.15, 0.2) is 0 Å². The van der Waals surface area contributed by atoms with E-state index in [0.29, 0.717) is 0 Å². The molecule has 0 bridgehead atoms. The first-order valence-corrected chi connectivity index (χ1v) is 5.49. The average molecular weight is 230 g/mol. The molecule has 0 saturated heterocycles. The predicted molar refractivity (Wildman–Crippen MR) is 62.2 cm³/mol. The fourth-order valence-corrected chi connectivity index (χ4v) is 1.13. The summed E-state index contributed by atoms with van der Waals surface area (Å²) in [6, 6.07) is -0.856. The van der Waals surface area contributed by atoms with Gasteiger partial charge in [-0.2, -0.15) is 0 Å². The maximum atomic E-state index is 10.8.